The van der Waals surface area contributed by atoms with Gasteiger partial charge in [-0.15, -0.1) is 11.3 Å². The molecule has 0 bridgehead atoms. The van der Waals surface area contributed by atoms with Gasteiger partial charge in [0.05, 0.1) is 11.5 Å². The first kappa shape index (κ1) is 15.7. The lowest BCUT2D eigenvalue weighted by atomic mass is 10.1. The van der Waals surface area contributed by atoms with Crippen molar-refractivity contribution in [3.05, 3.63) is 52.2 Å². The molecule has 3 rings (SSSR count). The zero-order chi connectivity index (χ0) is 16.2. The molecule has 0 saturated heterocycles. The molecule has 0 spiro atoms. The van der Waals surface area contributed by atoms with Crippen LogP contribution in [0.5, 0.6) is 0 Å². The largest absolute Gasteiger partial charge is 0.395 e. The van der Waals surface area contributed by atoms with Crippen molar-refractivity contribution in [2.24, 2.45) is 0 Å². The third-order valence-corrected chi connectivity index (χ3v) is 4.57. The molecule has 1 aliphatic rings. The highest BCUT2D eigenvalue weighted by molar-refractivity contribution is 7.12. The molecule has 120 valence electrons. The zero-order valence-corrected chi connectivity index (χ0v) is 13.4. The van der Waals surface area contributed by atoms with Crippen LogP contribution >= 0.6 is 11.3 Å². The maximum atomic E-state index is 12.6. The minimum absolute atomic E-state index is 0.0446. The second-order valence-electron chi connectivity index (χ2n) is 5.47. The van der Waals surface area contributed by atoms with Crippen LogP contribution < -0.4 is 5.32 Å². The van der Waals surface area contributed by atoms with Crippen LogP contribution in [0.1, 0.15) is 32.9 Å². The zero-order valence-electron chi connectivity index (χ0n) is 12.6. The monoisotopic (exact) mass is 330 g/mol. The summed E-state index contributed by atoms with van der Waals surface area (Å²) in [6, 6.07) is 10.7. The van der Waals surface area contributed by atoms with Crippen LogP contribution in [-0.2, 0) is 0 Å². The Kier molecular flexibility index (Phi) is 4.73. The molecule has 0 atom stereocenters. The number of thiophene rings is 1. The van der Waals surface area contributed by atoms with Gasteiger partial charge in [0.25, 0.3) is 11.8 Å². The van der Waals surface area contributed by atoms with Gasteiger partial charge in [0, 0.05) is 23.8 Å². The lowest BCUT2D eigenvalue weighted by Gasteiger charge is -2.21. The highest BCUT2D eigenvalue weighted by Gasteiger charge is 2.32. The van der Waals surface area contributed by atoms with Crippen molar-refractivity contribution in [3.8, 4) is 0 Å². The molecule has 1 heterocycles. The van der Waals surface area contributed by atoms with Gasteiger partial charge in [-0.3, -0.25) is 9.59 Å². The van der Waals surface area contributed by atoms with E-state index < -0.39 is 0 Å². The Labute approximate surface area is 138 Å². The van der Waals surface area contributed by atoms with E-state index in [0.717, 1.165) is 12.8 Å². The van der Waals surface area contributed by atoms with Crippen molar-refractivity contribution >= 4 is 28.8 Å². The molecule has 2 amide bonds. The van der Waals surface area contributed by atoms with Gasteiger partial charge in [0.2, 0.25) is 0 Å². The number of anilines is 1. The summed E-state index contributed by atoms with van der Waals surface area (Å²) in [6.45, 7) is 0.298. The predicted octanol–water partition coefficient (Wildman–Crippen LogP) is 2.60. The van der Waals surface area contributed by atoms with E-state index in [1.807, 2.05) is 11.4 Å². The Morgan fingerprint density at radius 1 is 1.26 bits per heavy atom. The van der Waals surface area contributed by atoms with Gasteiger partial charge in [0.15, 0.2) is 0 Å². The van der Waals surface area contributed by atoms with Crippen molar-refractivity contribution in [1.29, 1.82) is 0 Å². The van der Waals surface area contributed by atoms with Gasteiger partial charge in [-0.05, 0) is 42.5 Å². The molecule has 1 aromatic heterocycles. The molecule has 5 nitrogen and oxygen atoms in total. The van der Waals surface area contributed by atoms with E-state index in [0.29, 0.717) is 22.7 Å². The SMILES string of the molecule is O=C(Nc1cccc(C(=O)N(CCO)C2CC2)c1)c1cccs1. The Bertz CT molecular complexity index is 696. The molecular weight excluding hydrogens is 312 g/mol. The minimum Gasteiger partial charge on any atom is -0.395 e. The quantitative estimate of drug-likeness (QED) is 0.855. The highest BCUT2D eigenvalue weighted by atomic mass is 32.1. The van der Waals surface area contributed by atoms with Crippen molar-refractivity contribution in [2.45, 2.75) is 18.9 Å². The molecular formula is C17H18N2O3S. The molecule has 1 aromatic carbocycles. The van der Waals surface area contributed by atoms with Crippen molar-refractivity contribution < 1.29 is 14.7 Å². The molecule has 0 unspecified atom stereocenters. The van der Waals surface area contributed by atoms with Crippen LogP contribution in [0.3, 0.4) is 0 Å². The Balaban J connectivity index is 1.74. The van der Waals surface area contributed by atoms with E-state index in [4.69, 9.17) is 5.11 Å². The fraction of sp³-hybridized carbons (Fsp3) is 0.294. The fourth-order valence-corrected chi connectivity index (χ4v) is 3.06. The maximum absolute atomic E-state index is 12.6. The third kappa shape index (κ3) is 3.78. The van der Waals surface area contributed by atoms with Crippen LogP contribution in [-0.4, -0.2) is 41.0 Å². The first-order chi connectivity index (χ1) is 11.2. The number of hydrogen-bond donors (Lipinski definition) is 2. The smallest absolute Gasteiger partial charge is 0.265 e. The average Bonchev–Trinajstić information content (AvgIpc) is 3.24. The van der Waals surface area contributed by atoms with E-state index in [1.54, 1.807) is 35.2 Å². The molecule has 23 heavy (non-hydrogen) atoms. The minimum atomic E-state index is -0.181. The number of nitrogens with one attached hydrogen (secondary N) is 1. The fourth-order valence-electron chi connectivity index (χ4n) is 2.44. The topological polar surface area (TPSA) is 69.6 Å². The maximum Gasteiger partial charge on any atom is 0.265 e. The number of carbonyl (C=O) groups is 2. The van der Waals surface area contributed by atoms with Crippen LogP contribution in [0, 0.1) is 0 Å². The van der Waals surface area contributed by atoms with E-state index in [1.165, 1.54) is 11.3 Å². The van der Waals surface area contributed by atoms with Crippen molar-refractivity contribution in [1.82, 2.24) is 4.90 Å². The van der Waals surface area contributed by atoms with Gasteiger partial charge in [-0.1, -0.05) is 12.1 Å². The van der Waals surface area contributed by atoms with E-state index >= 15 is 0 Å². The first-order valence-electron chi connectivity index (χ1n) is 7.56. The average molecular weight is 330 g/mol. The molecule has 1 saturated carbocycles. The molecule has 0 radical (unpaired) electrons. The summed E-state index contributed by atoms with van der Waals surface area (Å²) in [5.74, 6) is -0.284. The Morgan fingerprint density at radius 3 is 2.74 bits per heavy atom. The number of aliphatic hydroxyl groups excluding tert-OH is 1. The summed E-state index contributed by atoms with van der Waals surface area (Å²) in [4.78, 5) is 27.0. The molecule has 1 fully saturated rings. The predicted molar refractivity (Wildman–Crippen MR) is 89.9 cm³/mol. The second kappa shape index (κ2) is 6.93. The standard InChI is InChI=1S/C17H18N2O3S/c20-9-8-19(14-6-7-14)17(22)12-3-1-4-13(11-12)18-16(21)15-5-2-10-23-15/h1-5,10-11,14,20H,6-9H2,(H,18,21). The lowest BCUT2D eigenvalue weighted by molar-refractivity contribution is 0.0707. The number of amides is 2. The van der Waals surface area contributed by atoms with Crippen LogP contribution in [0.2, 0.25) is 0 Å². The van der Waals surface area contributed by atoms with Crippen LogP contribution in [0.4, 0.5) is 5.69 Å². The number of carbonyl (C=O) groups excluding carboxylic acids is 2. The third-order valence-electron chi connectivity index (χ3n) is 3.70. The van der Waals surface area contributed by atoms with Gasteiger partial charge in [0.1, 0.15) is 0 Å². The summed E-state index contributed by atoms with van der Waals surface area (Å²) in [7, 11) is 0. The van der Waals surface area contributed by atoms with Gasteiger partial charge in [-0.25, -0.2) is 0 Å². The normalized spacial score (nSPS) is 13.6. The first-order valence-corrected chi connectivity index (χ1v) is 8.44. The van der Waals surface area contributed by atoms with Crippen LogP contribution in [0.15, 0.2) is 41.8 Å². The van der Waals surface area contributed by atoms with Crippen LogP contribution in [0.25, 0.3) is 0 Å². The number of benzene rings is 1. The molecule has 1 aliphatic carbocycles. The Hall–Kier alpha value is -2.18. The number of nitrogens with zero attached hydrogens (tertiary/aromatic N) is 1. The van der Waals surface area contributed by atoms with Gasteiger partial charge >= 0.3 is 0 Å². The summed E-state index contributed by atoms with van der Waals surface area (Å²) >= 11 is 1.37. The second-order valence-corrected chi connectivity index (χ2v) is 6.41. The number of hydrogen-bond acceptors (Lipinski definition) is 4. The molecule has 2 aromatic rings. The van der Waals surface area contributed by atoms with E-state index in [-0.39, 0.29) is 24.5 Å². The van der Waals surface area contributed by atoms with E-state index in [9.17, 15) is 9.59 Å². The highest BCUT2D eigenvalue weighted by Crippen LogP contribution is 2.28. The van der Waals surface area contributed by atoms with Crippen molar-refractivity contribution in [2.75, 3.05) is 18.5 Å². The lowest BCUT2D eigenvalue weighted by Crippen LogP contribution is -2.35. The summed E-state index contributed by atoms with van der Waals surface area (Å²) in [5.41, 5.74) is 1.11. The summed E-state index contributed by atoms with van der Waals surface area (Å²) in [6.07, 6.45) is 1.97. The molecule has 6 heteroatoms. The molecule has 2 N–H and O–H groups in total. The Morgan fingerprint density at radius 2 is 2.09 bits per heavy atom. The van der Waals surface area contributed by atoms with E-state index in [2.05, 4.69) is 5.32 Å². The number of rotatable bonds is 6. The van der Waals surface area contributed by atoms with Gasteiger partial charge < -0.3 is 15.3 Å². The summed E-state index contributed by atoms with van der Waals surface area (Å²) < 4.78 is 0. The molecule has 0 aliphatic heterocycles. The van der Waals surface area contributed by atoms with Gasteiger partial charge in [-0.2, -0.15) is 0 Å². The summed E-state index contributed by atoms with van der Waals surface area (Å²) in [5, 5.41) is 13.8. The number of aliphatic hydroxyl groups is 1. The van der Waals surface area contributed by atoms with Crippen molar-refractivity contribution in [3.63, 3.8) is 0 Å².